The summed E-state index contributed by atoms with van der Waals surface area (Å²) in [5.74, 6) is 0. The SMILES string of the molecule is O=c1[nH]c2cc(Cl)c(S(=O)(=O)Cl)cc2c2cc[nH]c12. The molecule has 0 aliphatic rings. The Hall–Kier alpha value is -1.50. The molecule has 0 spiro atoms. The number of aromatic nitrogens is 2. The van der Waals surface area contributed by atoms with Gasteiger partial charge in [-0.2, -0.15) is 0 Å². The Balaban J connectivity index is 2.58. The first-order chi connectivity index (χ1) is 8.88. The first kappa shape index (κ1) is 12.5. The second-order valence-electron chi connectivity index (χ2n) is 3.99. The quantitative estimate of drug-likeness (QED) is 0.677. The second-order valence-corrected chi connectivity index (χ2v) is 6.93. The van der Waals surface area contributed by atoms with Gasteiger partial charge in [-0.05, 0) is 18.2 Å². The number of hydrogen-bond acceptors (Lipinski definition) is 3. The molecule has 0 fully saturated rings. The van der Waals surface area contributed by atoms with Crippen LogP contribution in [0.15, 0.2) is 34.1 Å². The molecule has 3 rings (SSSR count). The molecule has 8 heteroatoms. The van der Waals surface area contributed by atoms with Crippen molar-refractivity contribution in [2.75, 3.05) is 0 Å². The van der Waals surface area contributed by atoms with Gasteiger partial charge in [-0.25, -0.2) is 8.42 Å². The molecule has 3 aromatic rings. The Bertz CT molecular complexity index is 973. The number of rotatable bonds is 1. The van der Waals surface area contributed by atoms with Gasteiger partial charge in [0.2, 0.25) is 0 Å². The van der Waals surface area contributed by atoms with Gasteiger partial charge in [0.1, 0.15) is 10.4 Å². The first-order valence-corrected chi connectivity index (χ1v) is 7.84. The van der Waals surface area contributed by atoms with E-state index in [1.807, 2.05) is 0 Å². The Morgan fingerprint density at radius 2 is 1.89 bits per heavy atom. The Morgan fingerprint density at radius 1 is 1.16 bits per heavy atom. The largest absolute Gasteiger partial charge is 0.357 e. The Morgan fingerprint density at radius 3 is 2.58 bits per heavy atom. The molecule has 2 heterocycles. The van der Waals surface area contributed by atoms with Crippen LogP contribution in [0.25, 0.3) is 21.8 Å². The maximum Gasteiger partial charge on any atom is 0.272 e. The number of halogens is 2. The van der Waals surface area contributed by atoms with E-state index in [1.54, 1.807) is 12.3 Å². The van der Waals surface area contributed by atoms with Crippen molar-refractivity contribution in [1.29, 1.82) is 0 Å². The first-order valence-electron chi connectivity index (χ1n) is 5.15. The zero-order valence-corrected chi connectivity index (χ0v) is 11.5. The summed E-state index contributed by atoms with van der Waals surface area (Å²) in [7, 11) is 1.38. The average molecular weight is 317 g/mol. The highest BCUT2D eigenvalue weighted by molar-refractivity contribution is 8.13. The van der Waals surface area contributed by atoms with Crippen molar-refractivity contribution in [3.63, 3.8) is 0 Å². The number of hydrogen-bond donors (Lipinski definition) is 2. The molecule has 0 saturated carbocycles. The molecule has 5 nitrogen and oxygen atoms in total. The van der Waals surface area contributed by atoms with Gasteiger partial charge in [-0.1, -0.05) is 11.6 Å². The van der Waals surface area contributed by atoms with Crippen molar-refractivity contribution in [3.05, 3.63) is 39.8 Å². The standard InChI is InChI=1S/C11H6Cl2N2O3S/c12-7-4-8-6(3-9(7)19(13,17)18)5-1-2-14-10(5)11(16)15-8/h1-4,14H,(H,15,16). The molecule has 0 saturated heterocycles. The third kappa shape index (κ3) is 1.92. The fourth-order valence-corrected chi connectivity index (χ4v) is 3.55. The van der Waals surface area contributed by atoms with Crippen LogP contribution in [0.1, 0.15) is 0 Å². The van der Waals surface area contributed by atoms with Crippen LogP contribution in [-0.4, -0.2) is 18.4 Å². The molecule has 0 atom stereocenters. The van der Waals surface area contributed by atoms with E-state index in [1.165, 1.54) is 12.1 Å². The van der Waals surface area contributed by atoms with Crippen LogP contribution in [0.4, 0.5) is 0 Å². The summed E-state index contributed by atoms with van der Waals surface area (Å²) >= 11 is 5.87. The predicted octanol–water partition coefficient (Wildman–Crippen LogP) is 2.59. The van der Waals surface area contributed by atoms with Gasteiger partial charge in [-0.15, -0.1) is 0 Å². The average Bonchev–Trinajstić information content (AvgIpc) is 2.76. The number of pyridine rings is 1. The summed E-state index contributed by atoms with van der Waals surface area (Å²) in [6.07, 6.45) is 1.60. The lowest BCUT2D eigenvalue weighted by atomic mass is 10.1. The van der Waals surface area contributed by atoms with Gasteiger partial charge in [0, 0.05) is 27.7 Å². The summed E-state index contributed by atoms with van der Waals surface area (Å²) in [5, 5.41) is 1.13. The van der Waals surface area contributed by atoms with Crippen molar-refractivity contribution in [2.24, 2.45) is 0 Å². The zero-order chi connectivity index (χ0) is 13.8. The van der Waals surface area contributed by atoms with Crippen molar-refractivity contribution < 1.29 is 8.42 Å². The van der Waals surface area contributed by atoms with Gasteiger partial charge in [0.15, 0.2) is 0 Å². The summed E-state index contributed by atoms with van der Waals surface area (Å²) in [6.45, 7) is 0. The molecule has 0 amide bonds. The fraction of sp³-hybridized carbons (Fsp3) is 0. The minimum Gasteiger partial charge on any atom is -0.357 e. The van der Waals surface area contributed by atoms with E-state index >= 15 is 0 Å². The summed E-state index contributed by atoms with van der Waals surface area (Å²) in [5.41, 5.74) is 0.518. The van der Waals surface area contributed by atoms with Crippen LogP contribution in [0, 0.1) is 0 Å². The summed E-state index contributed by atoms with van der Waals surface area (Å²) in [4.78, 5) is 17.0. The third-order valence-corrected chi connectivity index (χ3v) is 4.63. The molecule has 0 aliphatic carbocycles. The number of fused-ring (bicyclic) bond motifs is 3. The van der Waals surface area contributed by atoms with E-state index in [0.717, 1.165) is 0 Å². The zero-order valence-electron chi connectivity index (χ0n) is 9.20. The number of nitrogens with one attached hydrogen (secondary N) is 2. The third-order valence-electron chi connectivity index (χ3n) is 2.85. The lowest BCUT2D eigenvalue weighted by Crippen LogP contribution is -2.06. The van der Waals surface area contributed by atoms with Gasteiger partial charge < -0.3 is 9.97 Å². The van der Waals surface area contributed by atoms with Gasteiger partial charge in [0.05, 0.1) is 10.5 Å². The molecule has 2 aromatic heterocycles. The van der Waals surface area contributed by atoms with E-state index in [4.69, 9.17) is 22.3 Å². The van der Waals surface area contributed by atoms with Gasteiger partial charge in [0.25, 0.3) is 14.6 Å². The smallest absolute Gasteiger partial charge is 0.272 e. The maximum absolute atomic E-state index is 11.8. The molecule has 0 aliphatic heterocycles. The molecule has 1 aromatic carbocycles. The lowest BCUT2D eigenvalue weighted by molar-refractivity contribution is 0.610. The van der Waals surface area contributed by atoms with E-state index in [9.17, 15) is 13.2 Å². The molecule has 2 N–H and O–H groups in total. The number of benzene rings is 1. The van der Waals surface area contributed by atoms with Crippen molar-refractivity contribution >= 4 is 53.1 Å². The number of aromatic amines is 2. The van der Waals surface area contributed by atoms with E-state index in [-0.39, 0.29) is 15.5 Å². The molecule has 0 radical (unpaired) electrons. The summed E-state index contributed by atoms with van der Waals surface area (Å²) < 4.78 is 22.9. The van der Waals surface area contributed by atoms with E-state index < -0.39 is 9.05 Å². The Labute approximate surface area is 116 Å². The second kappa shape index (κ2) is 4.00. The monoisotopic (exact) mass is 316 g/mol. The highest BCUT2D eigenvalue weighted by Crippen LogP contribution is 2.31. The highest BCUT2D eigenvalue weighted by Gasteiger charge is 2.17. The minimum absolute atomic E-state index is 0.0342. The van der Waals surface area contributed by atoms with Crippen LogP contribution >= 0.6 is 22.3 Å². The van der Waals surface area contributed by atoms with Crippen LogP contribution in [0.5, 0.6) is 0 Å². The normalized spacial score (nSPS) is 12.3. The highest BCUT2D eigenvalue weighted by atomic mass is 35.7. The molecule has 0 bridgehead atoms. The molecular formula is C11H6Cl2N2O3S. The molecule has 98 valence electrons. The predicted molar refractivity (Wildman–Crippen MR) is 74.5 cm³/mol. The fourth-order valence-electron chi connectivity index (χ4n) is 2.03. The topological polar surface area (TPSA) is 82.8 Å². The number of H-pyrrole nitrogens is 2. The van der Waals surface area contributed by atoms with Crippen LogP contribution in [0.3, 0.4) is 0 Å². The van der Waals surface area contributed by atoms with Crippen LogP contribution in [0.2, 0.25) is 5.02 Å². The van der Waals surface area contributed by atoms with E-state index in [2.05, 4.69) is 9.97 Å². The molecular weight excluding hydrogens is 311 g/mol. The lowest BCUT2D eigenvalue weighted by Gasteiger charge is -2.05. The van der Waals surface area contributed by atoms with Crippen molar-refractivity contribution in [1.82, 2.24) is 9.97 Å². The van der Waals surface area contributed by atoms with Gasteiger partial charge >= 0.3 is 0 Å². The molecule has 19 heavy (non-hydrogen) atoms. The molecule has 0 unspecified atom stereocenters. The maximum atomic E-state index is 11.8. The van der Waals surface area contributed by atoms with E-state index in [0.29, 0.717) is 21.8 Å². The van der Waals surface area contributed by atoms with Crippen molar-refractivity contribution in [2.45, 2.75) is 4.90 Å². The van der Waals surface area contributed by atoms with Gasteiger partial charge in [-0.3, -0.25) is 4.79 Å². The van der Waals surface area contributed by atoms with Crippen molar-refractivity contribution in [3.8, 4) is 0 Å². The Kier molecular flexibility index (Phi) is 2.63. The van der Waals surface area contributed by atoms with Crippen LogP contribution < -0.4 is 5.56 Å². The summed E-state index contributed by atoms with van der Waals surface area (Å²) in [6, 6.07) is 4.41. The minimum atomic E-state index is -3.95. The van der Waals surface area contributed by atoms with Crippen LogP contribution in [-0.2, 0) is 9.05 Å².